The quantitative estimate of drug-likeness (QED) is 0.677. The van der Waals surface area contributed by atoms with Gasteiger partial charge < -0.3 is 10.1 Å². The van der Waals surface area contributed by atoms with Crippen molar-refractivity contribution >= 4 is 11.4 Å². The first-order valence-corrected chi connectivity index (χ1v) is 6.87. The summed E-state index contributed by atoms with van der Waals surface area (Å²) in [5, 5.41) is 21.7. The molecule has 4 nitrogen and oxygen atoms in total. The van der Waals surface area contributed by atoms with E-state index in [0.717, 1.165) is 29.1 Å². The number of nitriles is 1. The number of nitrogens with zero attached hydrogens (tertiary/aromatic N) is 3. The van der Waals surface area contributed by atoms with Crippen LogP contribution in [-0.2, 0) is 6.54 Å². The van der Waals surface area contributed by atoms with Crippen molar-refractivity contribution in [3.8, 4) is 6.07 Å². The Morgan fingerprint density at radius 2 is 1.90 bits per heavy atom. The van der Waals surface area contributed by atoms with Crippen molar-refractivity contribution in [2.24, 2.45) is 5.16 Å². The van der Waals surface area contributed by atoms with Crippen molar-refractivity contribution in [1.82, 2.24) is 0 Å². The highest BCUT2D eigenvalue weighted by Gasteiger charge is 2.22. The molecule has 21 heavy (non-hydrogen) atoms. The zero-order valence-electron chi connectivity index (χ0n) is 11.5. The molecule has 0 amide bonds. The average Bonchev–Trinajstić information content (AvgIpc) is 2.55. The summed E-state index contributed by atoms with van der Waals surface area (Å²) in [6.07, 6.45) is 0.697. The summed E-state index contributed by atoms with van der Waals surface area (Å²) in [4.78, 5) is 2.22. The highest BCUT2D eigenvalue weighted by atomic mass is 16.4. The fraction of sp³-hybridized carbons (Fsp3) is 0.176. The average molecular weight is 277 g/mol. The fourth-order valence-electron chi connectivity index (χ4n) is 2.73. The molecule has 0 spiro atoms. The Labute approximate surface area is 123 Å². The van der Waals surface area contributed by atoms with Gasteiger partial charge in [0.2, 0.25) is 0 Å². The molecule has 1 aliphatic heterocycles. The molecule has 104 valence electrons. The van der Waals surface area contributed by atoms with Gasteiger partial charge in [-0.25, -0.2) is 0 Å². The van der Waals surface area contributed by atoms with Crippen LogP contribution in [-0.4, -0.2) is 17.5 Å². The minimum Gasteiger partial charge on any atom is -0.411 e. The Hall–Kier alpha value is -2.80. The normalized spacial score (nSPS) is 15.6. The van der Waals surface area contributed by atoms with Crippen LogP contribution in [0.4, 0.5) is 5.69 Å². The van der Waals surface area contributed by atoms with E-state index in [0.29, 0.717) is 18.5 Å². The molecule has 3 rings (SSSR count). The van der Waals surface area contributed by atoms with Gasteiger partial charge in [0.15, 0.2) is 0 Å². The lowest BCUT2D eigenvalue weighted by atomic mass is 9.98. The van der Waals surface area contributed by atoms with Gasteiger partial charge in [0.25, 0.3) is 0 Å². The highest BCUT2D eigenvalue weighted by Crippen LogP contribution is 2.29. The van der Waals surface area contributed by atoms with Gasteiger partial charge in [-0.2, -0.15) is 5.26 Å². The second kappa shape index (κ2) is 5.68. The summed E-state index contributed by atoms with van der Waals surface area (Å²) < 4.78 is 0. The van der Waals surface area contributed by atoms with E-state index in [2.05, 4.69) is 16.1 Å². The lowest BCUT2D eigenvalue weighted by molar-refractivity contribution is 0.317. The second-order valence-corrected chi connectivity index (χ2v) is 5.00. The first-order chi connectivity index (χ1) is 10.3. The minimum atomic E-state index is 0.680. The number of fused-ring (bicyclic) bond motifs is 1. The van der Waals surface area contributed by atoms with Crippen LogP contribution in [0.5, 0.6) is 0 Å². The van der Waals surface area contributed by atoms with Crippen LogP contribution in [0.2, 0.25) is 0 Å². The van der Waals surface area contributed by atoms with E-state index in [1.165, 1.54) is 0 Å². The molecule has 0 aliphatic carbocycles. The number of hydrogen-bond donors (Lipinski definition) is 1. The molecule has 0 saturated heterocycles. The highest BCUT2D eigenvalue weighted by molar-refractivity contribution is 6.06. The predicted octanol–water partition coefficient (Wildman–Crippen LogP) is 3.15. The van der Waals surface area contributed by atoms with Crippen LogP contribution in [0.3, 0.4) is 0 Å². The van der Waals surface area contributed by atoms with E-state index in [9.17, 15) is 5.26 Å². The van der Waals surface area contributed by atoms with Crippen molar-refractivity contribution in [2.45, 2.75) is 13.0 Å². The van der Waals surface area contributed by atoms with Crippen molar-refractivity contribution in [2.75, 3.05) is 11.4 Å². The Morgan fingerprint density at radius 1 is 1.14 bits per heavy atom. The van der Waals surface area contributed by atoms with Crippen molar-refractivity contribution in [3.63, 3.8) is 0 Å². The third-order valence-corrected chi connectivity index (χ3v) is 3.79. The Balaban J connectivity index is 1.96. The Kier molecular flexibility index (Phi) is 3.57. The zero-order valence-corrected chi connectivity index (χ0v) is 11.5. The summed E-state index contributed by atoms with van der Waals surface area (Å²) in [7, 11) is 0. The van der Waals surface area contributed by atoms with Crippen LogP contribution < -0.4 is 4.90 Å². The predicted molar refractivity (Wildman–Crippen MR) is 81.6 cm³/mol. The maximum absolute atomic E-state index is 9.20. The molecule has 0 atom stereocenters. The molecule has 1 aliphatic rings. The van der Waals surface area contributed by atoms with Crippen molar-refractivity contribution < 1.29 is 5.21 Å². The zero-order chi connectivity index (χ0) is 14.7. The SMILES string of the molecule is N#Cc1ccccc1CN1CCC(=NO)c2ccccc21. The summed E-state index contributed by atoms with van der Waals surface area (Å²) in [6, 6.07) is 17.8. The van der Waals surface area contributed by atoms with Gasteiger partial charge in [-0.3, -0.25) is 0 Å². The molecular weight excluding hydrogens is 262 g/mol. The number of oxime groups is 1. The molecule has 2 aromatic rings. The Morgan fingerprint density at radius 3 is 2.71 bits per heavy atom. The van der Waals surface area contributed by atoms with Gasteiger partial charge in [-0.05, 0) is 17.7 Å². The molecule has 0 bridgehead atoms. The smallest absolute Gasteiger partial charge is 0.0995 e. The lowest BCUT2D eigenvalue weighted by Crippen LogP contribution is -2.32. The molecule has 0 unspecified atom stereocenters. The molecule has 2 aromatic carbocycles. The van der Waals surface area contributed by atoms with Gasteiger partial charge in [0, 0.05) is 30.8 Å². The van der Waals surface area contributed by atoms with E-state index in [1.807, 2.05) is 48.5 Å². The monoisotopic (exact) mass is 277 g/mol. The van der Waals surface area contributed by atoms with Gasteiger partial charge in [-0.15, -0.1) is 0 Å². The van der Waals surface area contributed by atoms with Crippen molar-refractivity contribution in [1.29, 1.82) is 5.26 Å². The summed E-state index contributed by atoms with van der Waals surface area (Å²) in [6.45, 7) is 1.45. The molecule has 1 N–H and O–H groups in total. The standard InChI is InChI=1S/C17H15N3O/c18-11-13-5-1-2-6-14(13)12-20-10-9-16(19-21)15-7-3-4-8-17(15)20/h1-8,21H,9-10,12H2. The molecular formula is C17H15N3O. The maximum atomic E-state index is 9.20. The number of para-hydroxylation sites is 1. The van der Waals surface area contributed by atoms with Crippen LogP contribution >= 0.6 is 0 Å². The van der Waals surface area contributed by atoms with Crippen LogP contribution in [0.25, 0.3) is 0 Å². The number of hydrogen-bond acceptors (Lipinski definition) is 4. The first-order valence-electron chi connectivity index (χ1n) is 6.87. The maximum Gasteiger partial charge on any atom is 0.0995 e. The third-order valence-electron chi connectivity index (χ3n) is 3.79. The van der Waals surface area contributed by atoms with E-state index in [1.54, 1.807) is 0 Å². The topological polar surface area (TPSA) is 59.6 Å². The summed E-state index contributed by atoms with van der Waals surface area (Å²) >= 11 is 0. The molecule has 1 heterocycles. The van der Waals surface area contributed by atoms with E-state index in [-0.39, 0.29) is 0 Å². The van der Waals surface area contributed by atoms with Crippen LogP contribution in [0.1, 0.15) is 23.1 Å². The van der Waals surface area contributed by atoms with E-state index >= 15 is 0 Å². The summed E-state index contributed by atoms with van der Waals surface area (Å²) in [5.41, 5.74) is 4.44. The minimum absolute atomic E-state index is 0.680. The number of anilines is 1. The molecule has 0 radical (unpaired) electrons. The van der Waals surface area contributed by atoms with E-state index < -0.39 is 0 Å². The van der Waals surface area contributed by atoms with Crippen LogP contribution in [0, 0.1) is 11.3 Å². The fourth-order valence-corrected chi connectivity index (χ4v) is 2.73. The molecule has 0 saturated carbocycles. The van der Waals surface area contributed by atoms with Gasteiger partial charge >= 0.3 is 0 Å². The van der Waals surface area contributed by atoms with Gasteiger partial charge in [-0.1, -0.05) is 41.6 Å². The largest absolute Gasteiger partial charge is 0.411 e. The lowest BCUT2D eigenvalue weighted by Gasteiger charge is -2.31. The molecule has 0 fully saturated rings. The van der Waals surface area contributed by atoms with Crippen LogP contribution in [0.15, 0.2) is 53.7 Å². The number of benzene rings is 2. The van der Waals surface area contributed by atoms with E-state index in [4.69, 9.17) is 5.21 Å². The number of rotatable bonds is 2. The molecule has 4 heteroatoms. The van der Waals surface area contributed by atoms with Crippen molar-refractivity contribution in [3.05, 3.63) is 65.2 Å². The Bertz CT molecular complexity index is 731. The second-order valence-electron chi connectivity index (χ2n) is 5.00. The third kappa shape index (κ3) is 2.46. The van der Waals surface area contributed by atoms with Gasteiger partial charge in [0.1, 0.15) is 0 Å². The first kappa shape index (κ1) is 13.2. The summed E-state index contributed by atoms with van der Waals surface area (Å²) in [5.74, 6) is 0. The molecule has 0 aromatic heterocycles. The van der Waals surface area contributed by atoms with Gasteiger partial charge in [0.05, 0.1) is 17.3 Å².